The summed E-state index contributed by atoms with van der Waals surface area (Å²) in [6.07, 6.45) is 1.66. The summed E-state index contributed by atoms with van der Waals surface area (Å²) in [5, 5.41) is 0. The van der Waals surface area contributed by atoms with Crippen LogP contribution < -0.4 is 0 Å². The highest BCUT2D eigenvalue weighted by Crippen LogP contribution is 1.82. The van der Waals surface area contributed by atoms with Gasteiger partial charge in [-0.25, -0.2) is 0 Å². The Labute approximate surface area is 50.1 Å². The molecule has 0 aliphatic carbocycles. The van der Waals surface area contributed by atoms with Gasteiger partial charge >= 0.3 is 0 Å². The van der Waals surface area contributed by atoms with Crippen molar-refractivity contribution < 1.29 is 9.47 Å². The number of hydrogen-bond acceptors (Lipinski definition) is 2. The van der Waals surface area contributed by atoms with Gasteiger partial charge in [0.25, 0.3) is 0 Å². The highest BCUT2D eigenvalue weighted by Gasteiger charge is 1.80. The van der Waals surface area contributed by atoms with E-state index < -0.39 is 0 Å². The van der Waals surface area contributed by atoms with Crippen LogP contribution in [0, 0.1) is 6.79 Å². The Hall–Kier alpha value is -0.340. The smallest absolute Gasteiger partial charge is 0.209 e. The van der Waals surface area contributed by atoms with Gasteiger partial charge in [-0.15, -0.1) is 6.58 Å². The fourth-order valence-corrected chi connectivity index (χ4v) is 0.223. The molecule has 0 bridgehead atoms. The van der Waals surface area contributed by atoms with Gasteiger partial charge in [0.1, 0.15) is 0 Å². The molecule has 2 heteroatoms. The van der Waals surface area contributed by atoms with Crippen LogP contribution in [0.5, 0.6) is 0 Å². The molecule has 8 heavy (non-hydrogen) atoms. The predicted octanol–water partition coefficient (Wildman–Crippen LogP) is 1.34. The fraction of sp³-hybridized carbons (Fsp3) is 0.500. The monoisotopic (exact) mass is 115 g/mol. The maximum Gasteiger partial charge on any atom is 0.209 e. The zero-order valence-corrected chi connectivity index (χ0v) is 5.09. The molecule has 0 heterocycles. The van der Waals surface area contributed by atoms with Gasteiger partial charge in [-0.05, 0) is 6.92 Å². The van der Waals surface area contributed by atoms with Gasteiger partial charge in [-0.1, -0.05) is 6.08 Å². The lowest BCUT2D eigenvalue weighted by Crippen LogP contribution is -1.91. The van der Waals surface area contributed by atoms with Gasteiger partial charge < -0.3 is 9.47 Å². The van der Waals surface area contributed by atoms with Crippen LogP contribution in [0.25, 0.3) is 0 Å². The average Bonchev–Trinajstić information content (AvgIpc) is 1.81. The van der Waals surface area contributed by atoms with Crippen molar-refractivity contribution in [3.63, 3.8) is 0 Å². The van der Waals surface area contributed by atoms with Crippen molar-refractivity contribution in [2.45, 2.75) is 6.92 Å². The Kier molecular flexibility index (Phi) is 6.38. The second-order valence-electron chi connectivity index (χ2n) is 1.17. The van der Waals surface area contributed by atoms with Crippen molar-refractivity contribution in [1.82, 2.24) is 0 Å². The van der Waals surface area contributed by atoms with Crippen LogP contribution in [0.2, 0.25) is 0 Å². The Bertz CT molecular complexity index is 52.5. The van der Waals surface area contributed by atoms with Gasteiger partial charge in [-0.3, -0.25) is 0 Å². The molecule has 0 aromatic rings. The van der Waals surface area contributed by atoms with Gasteiger partial charge in [0.15, 0.2) is 0 Å². The second kappa shape index (κ2) is 6.66. The first-order chi connectivity index (χ1) is 3.91. The molecule has 0 spiro atoms. The maximum absolute atomic E-state index is 4.76. The molecule has 0 aliphatic heterocycles. The molecule has 0 amide bonds. The maximum atomic E-state index is 4.76. The second-order valence-corrected chi connectivity index (χ2v) is 1.17. The summed E-state index contributed by atoms with van der Waals surface area (Å²) in [5.41, 5.74) is 0. The van der Waals surface area contributed by atoms with Crippen LogP contribution >= 0.6 is 0 Å². The Morgan fingerprint density at radius 3 is 2.75 bits per heavy atom. The van der Waals surface area contributed by atoms with Crippen molar-refractivity contribution in [2.75, 3.05) is 13.2 Å². The largest absolute Gasteiger partial charge is 0.348 e. The van der Waals surface area contributed by atoms with Crippen LogP contribution in [0.3, 0.4) is 0 Å². The van der Waals surface area contributed by atoms with Gasteiger partial charge in [0, 0.05) is 6.61 Å². The third-order valence-corrected chi connectivity index (χ3v) is 0.517. The Balaban J connectivity index is 2.62. The zero-order valence-electron chi connectivity index (χ0n) is 5.09. The summed E-state index contributed by atoms with van der Waals surface area (Å²) in [4.78, 5) is 0. The average molecular weight is 115 g/mol. The molecule has 0 aromatic carbocycles. The SMILES string of the molecule is C=CCO[CH]OCC. The first kappa shape index (κ1) is 7.66. The lowest BCUT2D eigenvalue weighted by molar-refractivity contribution is 0.0383. The van der Waals surface area contributed by atoms with E-state index in [1.807, 2.05) is 6.92 Å². The van der Waals surface area contributed by atoms with Crippen molar-refractivity contribution in [3.8, 4) is 0 Å². The van der Waals surface area contributed by atoms with Crippen LogP contribution in [-0.4, -0.2) is 13.2 Å². The van der Waals surface area contributed by atoms with Crippen molar-refractivity contribution in [3.05, 3.63) is 19.4 Å². The van der Waals surface area contributed by atoms with Gasteiger partial charge in [0.05, 0.1) is 6.61 Å². The third-order valence-electron chi connectivity index (χ3n) is 0.517. The number of rotatable bonds is 5. The predicted molar refractivity (Wildman–Crippen MR) is 32.1 cm³/mol. The molecule has 0 unspecified atom stereocenters. The van der Waals surface area contributed by atoms with E-state index in [4.69, 9.17) is 9.47 Å². The molecular weight excluding hydrogens is 104 g/mol. The number of ether oxygens (including phenoxy) is 2. The highest BCUT2D eigenvalue weighted by molar-refractivity contribution is 4.63. The molecule has 1 radical (unpaired) electrons. The van der Waals surface area contributed by atoms with E-state index in [9.17, 15) is 0 Å². The molecule has 0 saturated carbocycles. The van der Waals surface area contributed by atoms with Crippen molar-refractivity contribution in [2.24, 2.45) is 0 Å². The minimum Gasteiger partial charge on any atom is -0.348 e. The Morgan fingerprint density at radius 2 is 2.25 bits per heavy atom. The lowest BCUT2D eigenvalue weighted by atomic mass is 10.7. The van der Waals surface area contributed by atoms with Crippen molar-refractivity contribution >= 4 is 0 Å². The summed E-state index contributed by atoms with van der Waals surface area (Å²) in [7, 11) is 0. The van der Waals surface area contributed by atoms with E-state index >= 15 is 0 Å². The van der Waals surface area contributed by atoms with E-state index in [0.29, 0.717) is 13.2 Å². The van der Waals surface area contributed by atoms with E-state index in [-0.39, 0.29) is 0 Å². The normalized spacial score (nSPS) is 9.12. The molecular formula is C6H11O2. The summed E-state index contributed by atoms with van der Waals surface area (Å²) in [6, 6.07) is 0. The minimum absolute atomic E-state index is 0.514. The summed E-state index contributed by atoms with van der Waals surface area (Å²) >= 11 is 0. The minimum atomic E-state index is 0.514. The van der Waals surface area contributed by atoms with E-state index in [2.05, 4.69) is 6.58 Å². The molecule has 0 rings (SSSR count). The van der Waals surface area contributed by atoms with Crippen LogP contribution in [0.4, 0.5) is 0 Å². The molecule has 0 fully saturated rings. The van der Waals surface area contributed by atoms with Gasteiger partial charge in [0.2, 0.25) is 6.79 Å². The highest BCUT2D eigenvalue weighted by atomic mass is 16.7. The Morgan fingerprint density at radius 1 is 1.50 bits per heavy atom. The third kappa shape index (κ3) is 5.66. The summed E-state index contributed by atoms with van der Waals surface area (Å²) < 4.78 is 9.50. The molecule has 47 valence electrons. The summed E-state index contributed by atoms with van der Waals surface area (Å²) in [6.45, 7) is 7.84. The molecule has 0 aliphatic rings. The topological polar surface area (TPSA) is 18.5 Å². The molecule has 0 aromatic heterocycles. The quantitative estimate of drug-likeness (QED) is 0.397. The van der Waals surface area contributed by atoms with E-state index in [1.54, 1.807) is 6.08 Å². The van der Waals surface area contributed by atoms with E-state index in [0.717, 1.165) is 0 Å². The van der Waals surface area contributed by atoms with Crippen molar-refractivity contribution in [1.29, 1.82) is 0 Å². The summed E-state index contributed by atoms with van der Waals surface area (Å²) in [5.74, 6) is 0. The zero-order chi connectivity index (χ0) is 6.24. The first-order valence-electron chi connectivity index (χ1n) is 2.57. The van der Waals surface area contributed by atoms with Crippen LogP contribution in [0.15, 0.2) is 12.7 Å². The first-order valence-corrected chi connectivity index (χ1v) is 2.57. The standard InChI is InChI=1S/C6H11O2/c1-3-5-8-6-7-4-2/h3,6H,1,4-5H2,2H3. The van der Waals surface area contributed by atoms with Gasteiger partial charge in [-0.2, -0.15) is 0 Å². The molecule has 2 nitrogen and oxygen atoms in total. The molecule has 0 saturated heterocycles. The van der Waals surface area contributed by atoms with Crippen LogP contribution in [0.1, 0.15) is 6.92 Å². The lowest BCUT2D eigenvalue weighted by Gasteiger charge is -1.96. The van der Waals surface area contributed by atoms with Crippen LogP contribution in [-0.2, 0) is 9.47 Å². The molecule has 0 atom stereocenters. The van der Waals surface area contributed by atoms with E-state index in [1.165, 1.54) is 6.79 Å². The fourth-order valence-electron chi connectivity index (χ4n) is 0.223. The molecule has 0 N–H and O–H groups in total. The number of hydrogen-bond donors (Lipinski definition) is 0.